The third-order valence-electron chi connectivity index (χ3n) is 2.95. The van der Waals surface area contributed by atoms with E-state index in [1.165, 1.54) is 25.1 Å². The van der Waals surface area contributed by atoms with Gasteiger partial charge in [0.05, 0.1) is 5.56 Å². The van der Waals surface area contributed by atoms with Crippen LogP contribution in [0.5, 0.6) is 17.2 Å². The number of aryl methyl sites for hydroxylation is 1. The maximum absolute atomic E-state index is 12.5. The minimum atomic E-state index is -4.39. The highest BCUT2D eigenvalue weighted by atomic mass is 19.4. The number of halogens is 3. The van der Waals surface area contributed by atoms with Gasteiger partial charge in [-0.1, -0.05) is 0 Å². The fraction of sp³-hybridized carbons (Fsp3) is 0.200. The number of ether oxygens (including phenoxy) is 1. The van der Waals surface area contributed by atoms with Gasteiger partial charge in [0.2, 0.25) is 0 Å². The number of hydrogen-bond acceptors (Lipinski definition) is 3. The van der Waals surface area contributed by atoms with Crippen molar-refractivity contribution in [2.75, 3.05) is 0 Å². The van der Waals surface area contributed by atoms with Gasteiger partial charge in [0.15, 0.2) is 0 Å². The predicted octanol–water partition coefficient (Wildman–Crippen LogP) is 4.00. The highest BCUT2D eigenvalue weighted by Gasteiger charge is 2.30. The van der Waals surface area contributed by atoms with Gasteiger partial charge < -0.3 is 14.9 Å². The van der Waals surface area contributed by atoms with Crippen molar-refractivity contribution >= 4 is 0 Å². The molecule has 0 aliphatic carbocycles. The number of phenols is 2. The Morgan fingerprint density at radius 1 is 1.05 bits per heavy atom. The summed E-state index contributed by atoms with van der Waals surface area (Å²) in [5.74, 6) is 0.0806. The Kier molecular flexibility index (Phi) is 3.97. The van der Waals surface area contributed by atoms with Gasteiger partial charge in [-0.25, -0.2) is 0 Å². The molecule has 0 bridgehead atoms. The minimum Gasteiger partial charge on any atom is -0.508 e. The zero-order valence-electron chi connectivity index (χ0n) is 11.1. The van der Waals surface area contributed by atoms with E-state index in [-0.39, 0.29) is 18.1 Å². The third-order valence-corrected chi connectivity index (χ3v) is 2.95. The highest BCUT2D eigenvalue weighted by molar-refractivity contribution is 5.40. The first kappa shape index (κ1) is 15.0. The fourth-order valence-electron chi connectivity index (χ4n) is 1.82. The Hall–Kier alpha value is -2.37. The first-order chi connectivity index (χ1) is 9.77. The maximum Gasteiger partial charge on any atom is 0.416 e. The zero-order chi connectivity index (χ0) is 15.6. The van der Waals surface area contributed by atoms with E-state index in [0.717, 1.165) is 18.2 Å². The molecule has 0 aliphatic heterocycles. The standard InChI is InChI=1S/C15H13F3O3/c1-9-6-11(15(16,17)18)3-5-14(9)21-8-10-2-4-12(19)7-13(10)20/h2-7,19-20H,8H2,1H3. The van der Waals surface area contributed by atoms with Crippen molar-refractivity contribution in [3.05, 3.63) is 53.1 Å². The molecular weight excluding hydrogens is 285 g/mol. The van der Waals surface area contributed by atoms with E-state index >= 15 is 0 Å². The van der Waals surface area contributed by atoms with Gasteiger partial charge in [-0.15, -0.1) is 0 Å². The van der Waals surface area contributed by atoms with Gasteiger partial charge in [-0.3, -0.25) is 0 Å². The summed E-state index contributed by atoms with van der Waals surface area (Å²) in [6, 6.07) is 7.22. The largest absolute Gasteiger partial charge is 0.508 e. The monoisotopic (exact) mass is 298 g/mol. The van der Waals surface area contributed by atoms with Gasteiger partial charge in [0.25, 0.3) is 0 Å². The quantitative estimate of drug-likeness (QED) is 0.900. The Balaban J connectivity index is 2.13. The molecule has 2 N–H and O–H groups in total. The van der Waals surface area contributed by atoms with Crippen LogP contribution in [-0.4, -0.2) is 10.2 Å². The average Bonchev–Trinajstić information content (AvgIpc) is 2.38. The zero-order valence-corrected chi connectivity index (χ0v) is 11.1. The molecule has 0 saturated heterocycles. The summed E-state index contributed by atoms with van der Waals surface area (Å²) in [6.07, 6.45) is -4.39. The molecule has 0 fully saturated rings. The average molecular weight is 298 g/mol. The van der Waals surface area contributed by atoms with Crippen LogP contribution in [0.25, 0.3) is 0 Å². The molecule has 3 nitrogen and oxygen atoms in total. The molecule has 0 aliphatic rings. The number of rotatable bonds is 3. The van der Waals surface area contributed by atoms with Gasteiger partial charge in [-0.05, 0) is 42.8 Å². The first-order valence-corrected chi connectivity index (χ1v) is 6.09. The Labute approximate surface area is 119 Å². The van der Waals surface area contributed by atoms with Crippen LogP contribution in [0.2, 0.25) is 0 Å². The van der Waals surface area contributed by atoms with Crippen molar-refractivity contribution in [3.8, 4) is 17.2 Å². The van der Waals surface area contributed by atoms with Gasteiger partial charge in [-0.2, -0.15) is 13.2 Å². The van der Waals surface area contributed by atoms with Crippen molar-refractivity contribution in [3.63, 3.8) is 0 Å². The molecule has 0 amide bonds. The summed E-state index contributed by atoms with van der Waals surface area (Å²) in [4.78, 5) is 0. The van der Waals surface area contributed by atoms with Crippen molar-refractivity contribution in [2.45, 2.75) is 19.7 Å². The third kappa shape index (κ3) is 3.59. The molecule has 21 heavy (non-hydrogen) atoms. The van der Waals surface area contributed by atoms with Crippen LogP contribution >= 0.6 is 0 Å². The molecule has 0 radical (unpaired) electrons. The smallest absolute Gasteiger partial charge is 0.416 e. The van der Waals surface area contributed by atoms with Crippen LogP contribution in [-0.2, 0) is 12.8 Å². The molecule has 0 aromatic heterocycles. The van der Waals surface area contributed by atoms with E-state index in [4.69, 9.17) is 9.84 Å². The number of benzene rings is 2. The molecular formula is C15H13F3O3. The molecule has 0 heterocycles. The van der Waals surface area contributed by atoms with E-state index in [2.05, 4.69) is 0 Å². The molecule has 2 aromatic carbocycles. The van der Waals surface area contributed by atoms with E-state index in [1.54, 1.807) is 0 Å². The van der Waals surface area contributed by atoms with Crippen LogP contribution in [0, 0.1) is 6.92 Å². The topological polar surface area (TPSA) is 49.7 Å². The number of phenolic OH excluding ortho intramolecular Hbond substituents is 2. The molecule has 2 rings (SSSR count). The summed E-state index contributed by atoms with van der Waals surface area (Å²) < 4.78 is 43.0. The highest BCUT2D eigenvalue weighted by Crippen LogP contribution is 2.33. The van der Waals surface area contributed by atoms with Crippen LogP contribution in [0.3, 0.4) is 0 Å². The van der Waals surface area contributed by atoms with E-state index in [0.29, 0.717) is 16.9 Å². The van der Waals surface area contributed by atoms with Crippen molar-refractivity contribution < 1.29 is 28.1 Å². The van der Waals surface area contributed by atoms with Crippen LogP contribution in [0.4, 0.5) is 13.2 Å². The fourth-order valence-corrected chi connectivity index (χ4v) is 1.82. The lowest BCUT2D eigenvalue weighted by Gasteiger charge is -2.13. The number of alkyl halides is 3. The Morgan fingerprint density at radius 3 is 2.33 bits per heavy atom. The predicted molar refractivity (Wildman–Crippen MR) is 70.3 cm³/mol. The summed E-state index contributed by atoms with van der Waals surface area (Å²) >= 11 is 0. The normalized spacial score (nSPS) is 11.4. The molecule has 6 heteroatoms. The number of aromatic hydroxyl groups is 2. The lowest BCUT2D eigenvalue weighted by molar-refractivity contribution is -0.137. The van der Waals surface area contributed by atoms with Gasteiger partial charge in [0.1, 0.15) is 23.9 Å². The van der Waals surface area contributed by atoms with Gasteiger partial charge in [0, 0.05) is 11.6 Å². The molecule has 0 saturated carbocycles. The lowest BCUT2D eigenvalue weighted by atomic mass is 10.1. The molecule has 0 spiro atoms. The number of hydrogen-bond donors (Lipinski definition) is 2. The maximum atomic E-state index is 12.5. The van der Waals surface area contributed by atoms with E-state index < -0.39 is 11.7 Å². The van der Waals surface area contributed by atoms with Crippen molar-refractivity contribution in [2.24, 2.45) is 0 Å². The van der Waals surface area contributed by atoms with E-state index in [1.807, 2.05) is 0 Å². The SMILES string of the molecule is Cc1cc(C(F)(F)F)ccc1OCc1ccc(O)cc1O. The van der Waals surface area contributed by atoms with Gasteiger partial charge >= 0.3 is 6.18 Å². The Bertz CT molecular complexity index is 651. The summed E-state index contributed by atoms with van der Waals surface area (Å²) in [5.41, 5.74) is 0.0371. The van der Waals surface area contributed by atoms with E-state index in [9.17, 15) is 18.3 Å². The first-order valence-electron chi connectivity index (χ1n) is 6.09. The van der Waals surface area contributed by atoms with Crippen LogP contribution in [0.15, 0.2) is 36.4 Å². The van der Waals surface area contributed by atoms with Crippen LogP contribution in [0.1, 0.15) is 16.7 Å². The summed E-state index contributed by atoms with van der Waals surface area (Å²) in [5, 5.41) is 18.8. The van der Waals surface area contributed by atoms with Crippen molar-refractivity contribution in [1.29, 1.82) is 0 Å². The second-order valence-corrected chi connectivity index (χ2v) is 4.58. The second-order valence-electron chi connectivity index (χ2n) is 4.58. The summed E-state index contributed by atoms with van der Waals surface area (Å²) in [6.45, 7) is 1.50. The molecule has 0 atom stereocenters. The molecule has 0 unspecified atom stereocenters. The second kappa shape index (κ2) is 5.55. The molecule has 112 valence electrons. The summed E-state index contributed by atoms with van der Waals surface area (Å²) in [7, 11) is 0. The minimum absolute atomic E-state index is 0.0156. The van der Waals surface area contributed by atoms with Crippen molar-refractivity contribution in [1.82, 2.24) is 0 Å². The Morgan fingerprint density at radius 2 is 1.76 bits per heavy atom. The van der Waals surface area contributed by atoms with Crippen LogP contribution < -0.4 is 4.74 Å². The lowest BCUT2D eigenvalue weighted by Crippen LogP contribution is -2.06. The molecule has 2 aromatic rings.